The molecule has 0 saturated heterocycles. The Kier molecular flexibility index (Phi) is 7.10. The van der Waals surface area contributed by atoms with Gasteiger partial charge in [0.15, 0.2) is 11.5 Å². The van der Waals surface area contributed by atoms with Crippen molar-refractivity contribution in [3.05, 3.63) is 200 Å². The third-order valence-electron chi connectivity index (χ3n) is 9.94. The zero-order chi connectivity index (χ0) is 34.4. The molecule has 1 aromatic heterocycles. The van der Waals surface area contributed by atoms with Gasteiger partial charge >= 0.3 is 0 Å². The highest BCUT2D eigenvalue weighted by atomic mass is 16.5. The minimum absolute atomic E-state index is 0.806. The fourth-order valence-electron chi connectivity index (χ4n) is 7.57. The van der Waals surface area contributed by atoms with Gasteiger partial charge in [0, 0.05) is 45.3 Å². The van der Waals surface area contributed by atoms with Crippen molar-refractivity contribution >= 4 is 55.9 Å². The molecule has 4 nitrogen and oxygen atoms in total. The van der Waals surface area contributed by atoms with Gasteiger partial charge < -0.3 is 19.1 Å². The van der Waals surface area contributed by atoms with Crippen LogP contribution in [0.2, 0.25) is 0 Å². The van der Waals surface area contributed by atoms with Crippen LogP contribution >= 0.6 is 0 Å². The van der Waals surface area contributed by atoms with E-state index in [0.717, 1.165) is 51.3 Å². The Morgan fingerprint density at radius 2 is 0.942 bits per heavy atom. The second kappa shape index (κ2) is 12.4. The summed E-state index contributed by atoms with van der Waals surface area (Å²) in [5, 5.41) is 2.49. The standard InChI is InChI=1S/C48H33N3O/c1-4-14-36(15-5-1)49(40-29-31-46-48(33-40)52-47-23-13-12-22-45(47)51(46)38-18-8-3-9-19-38)39-27-24-34(25-28-39)35-26-30-44-42(32-35)41-20-10-11-21-43(41)50(44)37-16-6-2-7-17-37/h1-33H. The second-order valence-corrected chi connectivity index (χ2v) is 13.0. The Hall–Kier alpha value is -7.04. The molecule has 0 amide bonds. The molecule has 9 aromatic rings. The molecule has 2 heterocycles. The zero-order valence-electron chi connectivity index (χ0n) is 28.3. The number of benzene rings is 8. The van der Waals surface area contributed by atoms with Crippen molar-refractivity contribution in [1.82, 2.24) is 4.57 Å². The Bertz CT molecular complexity index is 2700. The summed E-state index contributed by atoms with van der Waals surface area (Å²) in [6.07, 6.45) is 0. The van der Waals surface area contributed by atoms with Gasteiger partial charge in [-0.25, -0.2) is 0 Å². The average molecular weight is 668 g/mol. The number of aromatic nitrogens is 1. The summed E-state index contributed by atoms with van der Waals surface area (Å²) in [6.45, 7) is 0. The molecule has 0 unspecified atom stereocenters. The molecule has 4 heteroatoms. The normalized spacial score (nSPS) is 12.0. The minimum Gasteiger partial charge on any atom is -0.453 e. The Morgan fingerprint density at radius 1 is 0.365 bits per heavy atom. The summed E-state index contributed by atoms with van der Waals surface area (Å²) in [5.41, 5.74) is 12.2. The van der Waals surface area contributed by atoms with E-state index in [-0.39, 0.29) is 0 Å². The first-order valence-corrected chi connectivity index (χ1v) is 17.6. The van der Waals surface area contributed by atoms with Crippen LogP contribution in [-0.4, -0.2) is 4.57 Å². The van der Waals surface area contributed by atoms with Crippen LogP contribution in [0.15, 0.2) is 200 Å². The van der Waals surface area contributed by atoms with E-state index < -0.39 is 0 Å². The van der Waals surface area contributed by atoms with E-state index in [1.165, 1.54) is 32.9 Å². The van der Waals surface area contributed by atoms with Gasteiger partial charge in [0.05, 0.1) is 22.4 Å². The fourth-order valence-corrected chi connectivity index (χ4v) is 7.57. The van der Waals surface area contributed by atoms with Gasteiger partial charge in [-0.05, 0) is 102 Å². The van der Waals surface area contributed by atoms with Crippen LogP contribution in [0.1, 0.15) is 0 Å². The summed E-state index contributed by atoms with van der Waals surface area (Å²) in [6, 6.07) is 70.7. The molecule has 0 fully saturated rings. The predicted octanol–water partition coefficient (Wildman–Crippen LogP) is 13.5. The van der Waals surface area contributed by atoms with Crippen LogP contribution in [0.3, 0.4) is 0 Å². The van der Waals surface area contributed by atoms with E-state index in [1.54, 1.807) is 0 Å². The molecule has 0 bridgehead atoms. The highest BCUT2D eigenvalue weighted by Gasteiger charge is 2.27. The quantitative estimate of drug-likeness (QED) is 0.176. The zero-order valence-corrected chi connectivity index (χ0v) is 28.3. The van der Waals surface area contributed by atoms with Crippen molar-refractivity contribution in [3.63, 3.8) is 0 Å². The maximum absolute atomic E-state index is 6.59. The summed E-state index contributed by atoms with van der Waals surface area (Å²) in [4.78, 5) is 4.56. The molecule has 0 saturated carbocycles. The van der Waals surface area contributed by atoms with Gasteiger partial charge in [0.2, 0.25) is 0 Å². The summed E-state index contributed by atoms with van der Waals surface area (Å²) in [5.74, 6) is 1.64. The lowest BCUT2D eigenvalue weighted by molar-refractivity contribution is 0.477. The maximum atomic E-state index is 6.59. The predicted molar refractivity (Wildman–Crippen MR) is 216 cm³/mol. The molecule has 1 aliphatic rings. The molecular weight excluding hydrogens is 635 g/mol. The molecule has 1 aliphatic heterocycles. The van der Waals surface area contributed by atoms with E-state index in [9.17, 15) is 0 Å². The van der Waals surface area contributed by atoms with E-state index in [1.807, 2.05) is 18.2 Å². The lowest BCUT2D eigenvalue weighted by Crippen LogP contribution is -2.16. The third kappa shape index (κ3) is 5.00. The number of nitrogens with zero attached hydrogens (tertiary/aromatic N) is 3. The van der Waals surface area contributed by atoms with Crippen molar-refractivity contribution in [2.24, 2.45) is 0 Å². The Balaban J connectivity index is 1.05. The fraction of sp³-hybridized carbons (Fsp3) is 0. The Morgan fingerprint density at radius 3 is 1.73 bits per heavy atom. The average Bonchev–Trinajstić information content (AvgIpc) is 3.55. The molecule has 8 aromatic carbocycles. The van der Waals surface area contributed by atoms with Crippen LogP contribution < -0.4 is 14.5 Å². The largest absolute Gasteiger partial charge is 0.453 e. The van der Waals surface area contributed by atoms with Gasteiger partial charge in [-0.1, -0.05) is 103 Å². The van der Waals surface area contributed by atoms with Crippen LogP contribution in [0, 0.1) is 0 Å². The molecule has 246 valence electrons. The number of hydrogen-bond acceptors (Lipinski definition) is 3. The lowest BCUT2D eigenvalue weighted by atomic mass is 10.0. The first-order valence-electron chi connectivity index (χ1n) is 17.6. The topological polar surface area (TPSA) is 20.6 Å². The molecule has 0 aliphatic carbocycles. The van der Waals surface area contributed by atoms with Crippen LogP contribution in [0.25, 0.3) is 38.6 Å². The summed E-state index contributed by atoms with van der Waals surface area (Å²) < 4.78 is 8.95. The number of para-hydroxylation sites is 6. The number of fused-ring (bicyclic) bond motifs is 5. The minimum atomic E-state index is 0.806. The van der Waals surface area contributed by atoms with E-state index in [0.29, 0.717) is 0 Å². The highest BCUT2D eigenvalue weighted by molar-refractivity contribution is 6.10. The van der Waals surface area contributed by atoms with Crippen LogP contribution in [0.4, 0.5) is 34.1 Å². The summed E-state index contributed by atoms with van der Waals surface area (Å²) in [7, 11) is 0. The second-order valence-electron chi connectivity index (χ2n) is 13.0. The van der Waals surface area contributed by atoms with Gasteiger partial charge in [-0.15, -0.1) is 0 Å². The van der Waals surface area contributed by atoms with Crippen LogP contribution in [-0.2, 0) is 0 Å². The molecule has 0 N–H and O–H groups in total. The Labute approximate surface area is 302 Å². The number of rotatable bonds is 6. The van der Waals surface area contributed by atoms with Gasteiger partial charge in [0.25, 0.3) is 0 Å². The van der Waals surface area contributed by atoms with Crippen molar-refractivity contribution in [3.8, 4) is 28.3 Å². The van der Waals surface area contributed by atoms with Crippen molar-refractivity contribution in [1.29, 1.82) is 0 Å². The molecular formula is C48H33N3O. The first-order chi connectivity index (χ1) is 25.8. The number of anilines is 6. The SMILES string of the molecule is c1ccc(N(c2ccc(-c3ccc4c(c3)c3ccccc3n4-c3ccccc3)cc2)c2ccc3c(c2)Oc2ccccc2N3c2ccccc2)cc1. The number of hydrogen-bond donors (Lipinski definition) is 0. The van der Waals surface area contributed by atoms with Crippen LogP contribution in [0.5, 0.6) is 11.5 Å². The van der Waals surface area contributed by atoms with E-state index >= 15 is 0 Å². The number of ether oxygens (including phenoxy) is 1. The molecule has 0 radical (unpaired) electrons. The maximum Gasteiger partial charge on any atom is 0.153 e. The molecule has 0 spiro atoms. The monoisotopic (exact) mass is 667 g/mol. The molecule has 52 heavy (non-hydrogen) atoms. The third-order valence-corrected chi connectivity index (χ3v) is 9.94. The van der Waals surface area contributed by atoms with Crippen molar-refractivity contribution in [2.75, 3.05) is 9.80 Å². The molecule has 0 atom stereocenters. The highest BCUT2D eigenvalue weighted by Crippen LogP contribution is 2.52. The smallest absolute Gasteiger partial charge is 0.153 e. The summed E-state index contributed by atoms with van der Waals surface area (Å²) >= 11 is 0. The lowest BCUT2D eigenvalue weighted by Gasteiger charge is -2.34. The molecule has 10 rings (SSSR count). The van der Waals surface area contributed by atoms with Gasteiger partial charge in [-0.3, -0.25) is 0 Å². The van der Waals surface area contributed by atoms with Crippen molar-refractivity contribution in [2.45, 2.75) is 0 Å². The van der Waals surface area contributed by atoms with E-state index in [2.05, 4.69) is 196 Å². The van der Waals surface area contributed by atoms with Gasteiger partial charge in [-0.2, -0.15) is 0 Å². The van der Waals surface area contributed by atoms with Crippen molar-refractivity contribution < 1.29 is 4.74 Å². The van der Waals surface area contributed by atoms with Gasteiger partial charge in [0.1, 0.15) is 0 Å². The first kappa shape index (κ1) is 29.8. The van der Waals surface area contributed by atoms with E-state index in [4.69, 9.17) is 4.74 Å².